The van der Waals surface area contributed by atoms with Gasteiger partial charge in [-0.3, -0.25) is 4.79 Å². The van der Waals surface area contributed by atoms with E-state index in [0.717, 1.165) is 49.3 Å². The van der Waals surface area contributed by atoms with Crippen molar-refractivity contribution in [3.8, 4) is 5.82 Å². The van der Waals surface area contributed by atoms with Crippen LogP contribution in [0.25, 0.3) is 16.9 Å². The number of carbonyl (C=O) groups is 1. The molecule has 0 unspecified atom stereocenters. The lowest BCUT2D eigenvalue weighted by Gasteiger charge is -2.34. The number of piperidine rings is 1. The number of ether oxygens (including phenoxy) is 1. The van der Waals surface area contributed by atoms with E-state index in [0.29, 0.717) is 17.4 Å². The number of rotatable bonds is 6. The predicted molar refractivity (Wildman–Crippen MR) is 120 cm³/mol. The Labute approximate surface area is 185 Å². The van der Waals surface area contributed by atoms with Gasteiger partial charge < -0.3 is 14.7 Å². The van der Waals surface area contributed by atoms with E-state index in [4.69, 9.17) is 9.84 Å². The summed E-state index contributed by atoms with van der Waals surface area (Å²) < 4.78 is 8.08. The Morgan fingerprint density at radius 1 is 1.25 bits per heavy atom. The molecule has 0 amide bonds. The summed E-state index contributed by atoms with van der Waals surface area (Å²) in [5.41, 5.74) is 1.77. The average molecular weight is 441 g/mol. The summed E-state index contributed by atoms with van der Waals surface area (Å²) in [7, 11) is 3.28. The molecule has 1 N–H and O–H groups in total. The standard InChI is InChI=1S/C22H28N6O4/c1-13(2)20-19-16(27-9-7-14(8-10-27)12-32-4)11-15(22(30)31)23-21(19)28(25-20)17-5-6-18(29)26(3)24-17/h5-6,11,13-14H,7-10,12H2,1-4H3,(H,30,31). The van der Waals surface area contributed by atoms with E-state index in [-0.39, 0.29) is 17.2 Å². The van der Waals surface area contributed by atoms with Crippen LogP contribution in [0.4, 0.5) is 5.69 Å². The first kappa shape index (κ1) is 21.9. The molecule has 1 aliphatic rings. The van der Waals surface area contributed by atoms with Gasteiger partial charge in [-0.25, -0.2) is 14.5 Å². The van der Waals surface area contributed by atoms with E-state index in [1.807, 2.05) is 13.8 Å². The van der Waals surface area contributed by atoms with E-state index >= 15 is 0 Å². The Balaban J connectivity index is 1.92. The number of aromatic nitrogens is 5. The van der Waals surface area contributed by atoms with Crippen molar-refractivity contribution in [1.82, 2.24) is 24.5 Å². The molecule has 1 fully saturated rings. The number of carboxylic acids is 1. The van der Waals surface area contributed by atoms with Crippen molar-refractivity contribution in [1.29, 1.82) is 0 Å². The molecular weight excluding hydrogens is 412 g/mol. The minimum atomic E-state index is -1.10. The lowest BCUT2D eigenvalue weighted by Crippen LogP contribution is -2.35. The van der Waals surface area contributed by atoms with Crippen LogP contribution in [0, 0.1) is 5.92 Å². The van der Waals surface area contributed by atoms with Crippen molar-refractivity contribution in [3.05, 3.63) is 39.9 Å². The zero-order valence-electron chi connectivity index (χ0n) is 18.8. The summed E-state index contributed by atoms with van der Waals surface area (Å²) in [4.78, 5) is 30.4. The highest BCUT2D eigenvalue weighted by molar-refractivity contribution is 5.98. The summed E-state index contributed by atoms with van der Waals surface area (Å²) in [5, 5.41) is 19.6. The number of aryl methyl sites for hydroxylation is 1. The lowest BCUT2D eigenvalue weighted by atomic mass is 9.96. The molecule has 170 valence electrons. The maximum atomic E-state index is 11.9. The van der Waals surface area contributed by atoms with Crippen LogP contribution in [0.1, 0.15) is 48.8 Å². The van der Waals surface area contributed by atoms with Gasteiger partial charge in [0.25, 0.3) is 5.56 Å². The maximum Gasteiger partial charge on any atom is 0.354 e. The number of anilines is 1. The highest BCUT2D eigenvalue weighted by Crippen LogP contribution is 2.36. The van der Waals surface area contributed by atoms with Crippen molar-refractivity contribution in [2.75, 3.05) is 31.7 Å². The first-order valence-corrected chi connectivity index (χ1v) is 10.8. The molecule has 1 saturated heterocycles. The normalized spacial score (nSPS) is 15.1. The zero-order chi connectivity index (χ0) is 23.0. The molecule has 0 saturated carbocycles. The summed E-state index contributed by atoms with van der Waals surface area (Å²) in [6.07, 6.45) is 1.93. The number of pyridine rings is 1. The number of fused-ring (bicyclic) bond motifs is 1. The molecule has 10 heteroatoms. The van der Waals surface area contributed by atoms with E-state index < -0.39 is 5.97 Å². The fourth-order valence-corrected chi connectivity index (χ4v) is 4.22. The van der Waals surface area contributed by atoms with Crippen LogP contribution < -0.4 is 10.5 Å². The quantitative estimate of drug-likeness (QED) is 0.620. The van der Waals surface area contributed by atoms with Gasteiger partial charge in [-0.15, -0.1) is 5.10 Å². The van der Waals surface area contributed by atoms with Gasteiger partial charge in [0.2, 0.25) is 0 Å². The summed E-state index contributed by atoms with van der Waals surface area (Å²) in [6, 6.07) is 4.63. The van der Waals surface area contributed by atoms with Crippen LogP contribution in [0.15, 0.2) is 23.0 Å². The van der Waals surface area contributed by atoms with Crippen LogP contribution in [0.2, 0.25) is 0 Å². The molecule has 10 nitrogen and oxygen atoms in total. The van der Waals surface area contributed by atoms with Gasteiger partial charge in [0.15, 0.2) is 17.2 Å². The second-order valence-corrected chi connectivity index (χ2v) is 8.52. The van der Waals surface area contributed by atoms with Gasteiger partial charge in [0, 0.05) is 39.9 Å². The Hall–Kier alpha value is -3.27. The highest BCUT2D eigenvalue weighted by atomic mass is 16.5. The molecule has 0 atom stereocenters. The molecule has 0 bridgehead atoms. The van der Waals surface area contributed by atoms with Gasteiger partial charge in [-0.2, -0.15) is 9.78 Å². The van der Waals surface area contributed by atoms with Crippen molar-refractivity contribution in [2.45, 2.75) is 32.6 Å². The van der Waals surface area contributed by atoms with Crippen molar-refractivity contribution in [3.63, 3.8) is 0 Å². The molecule has 0 aromatic carbocycles. The molecule has 3 aromatic heterocycles. The number of hydrogen-bond donors (Lipinski definition) is 1. The molecule has 1 aliphatic heterocycles. The van der Waals surface area contributed by atoms with Gasteiger partial charge in [0.05, 0.1) is 16.8 Å². The fraction of sp³-hybridized carbons (Fsp3) is 0.500. The second kappa shape index (κ2) is 8.70. The van der Waals surface area contributed by atoms with Crippen LogP contribution >= 0.6 is 0 Å². The summed E-state index contributed by atoms with van der Waals surface area (Å²) in [5.74, 6) is -0.123. The third-order valence-electron chi connectivity index (χ3n) is 5.93. The lowest BCUT2D eigenvalue weighted by molar-refractivity contribution is 0.0691. The number of aromatic carboxylic acids is 1. The van der Waals surface area contributed by atoms with Crippen LogP contribution in [-0.2, 0) is 11.8 Å². The Morgan fingerprint density at radius 3 is 2.56 bits per heavy atom. The van der Waals surface area contributed by atoms with Gasteiger partial charge in [0.1, 0.15) is 0 Å². The van der Waals surface area contributed by atoms with E-state index in [1.165, 1.54) is 15.4 Å². The minimum Gasteiger partial charge on any atom is -0.477 e. The third kappa shape index (κ3) is 3.97. The van der Waals surface area contributed by atoms with Gasteiger partial charge in [-0.1, -0.05) is 13.8 Å². The Morgan fingerprint density at radius 2 is 1.97 bits per heavy atom. The predicted octanol–water partition coefficient (Wildman–Crippen LogP) is 2.20. The number of methoxy groups -OCH3 is 1. The SMILES string of the molecule is COCC1CCN(c2cc(C(=O)O)nc3c2c(C(C)C)nn3-c2ccc(=O)n(C)n2)CC1. The summed E-state index contributed by atoms with van der Waals surface area (Å²) in [6.45, 7) is 6.41. The topological polar surface area (TPSA) is 115 Å². The molecule has 4 heterocycles. The van der Waals surface area contributed by atoms with Crippen molar-refractivity contribution < 1.29 is 14.6 Å². The average Bonchev–Trinajstić information content (AvgIpc) is 3.16. The largest absolute Gasteiger partial charge is 0.477 e. The highest BCUT2D eigenvalue weighted by Gasteiger charge is 2.27. The van der Waals surface area contributed by atoms with Crippen LogP contribution in [0.3, 0.4) is 0 Å². The van der Waals surface area contributed by atoms with E-state index in [9.17, 15) is 14.7 Å². The van der Waals surface area contributed by atoms with E-state index in [1.54, 1.807) is 26.3 Å². The van der Waals surface area contributed by atoms with Crippen molar-refractivity contribution >= 4 is 22.7 Å². The summed E-state index contributed by atoms with van der Waals surface area (Å²) >= 11 is 0. The minimum absolute atomic E-state index is 0.0483. The molecule has 4 rings (SSSR count). The van der Waals surface area contributed by atoms with Crippen molar-refractivity contribution in [2.24, 2.45) is 13.0 Å². The zero-order valence-corrected chi connectivity index (χ0v) is 18.8. The van der Waals surface area contributed by atoms with Gasteiger partial charge in [-0.05, 0) is 36.8 Å². The molecule has 32 heavy (non-hydrogen) atoms. The number of hydrogen-bond acceptors (Lipinski definition) is 7. The molecule has 0 radical (unpaired) electrons. The van der Waals surface area contributed by atoms with Crippen LogP contribution in [-0.4, -0.2) is 62.4 Å². The molecular formula is C22H28N6O4. The third-order valence-corrected chi connectivity index (χ3v) is 5.93. The first-order valence-electron chi connectivity index (χ1n) is 10.8. The first-order chi connectivity index (χ1) is 15.3. The Bertz CT molecular complexity index is 1210. The maximum absolute atomic E-state index is 11.9. The number of carboxylic acid groups (broad SMARTS) is 1. The number of nitrogens with zero attached hydrogens (tertiary/aromatic N) is 6. The monoisotopic (exact) mass is 440 g/mol. The Kier molecular flexibility index (Phi) is 5.96. The smallest absolute Gasteiger partial charge is 0.354 e. The van der Waals surface area contributed by atoms with E-state index in [2.05, 4.69) is 15.0 Å². The fourth-order valence-electron chi connectivity index (χ4n) is 4.22. The van der Waals surface area contributed by atoms with Crippen LogP contribution in [0.5, 0.6) is 0 Å². The second-order valence-electron chi connectivity index (χ2n) is 8.52. The molecule has 0 aliphatic carbocycles. The molecule has 3 aromatic rings. The van der Waals surface area contributed by atoms with Gasteiger partial charge >= 0.3 is 5.97 Å². The molecule has 0 spiro atoms.